The number of aliphatic hydroxyl groups excluding tert-OH is 1. The summed E-state index contributed by atoms with van der Waals surface area (Å²) in [5, 5.41) is 15.8. The third kappa shape index (κ3) is 8.41. The van der Waals surface area contributed by atoms with Gasteiger partial charge in [-0.3, -0.25) is 14.6 Å². The summed E-state index contributed by atoms with van der Waals surface area (Å²) in [6, 6.07) is 10.9. The fourth-order valence-electron chi connectivity index (χ4n) is 3.61. The van der Waals surface area contributed by atoms with Crippen molar-refractivity contribution in [1.29, 1.82) is 0 Å². The molecule has 0 aromatic heterocycles. The second kappa shape index (κ2) is 12.6. The van der Waals surface area contributed by atoms with Gasteiger partial charge in [0.05, 0.1) is 12.6 Å². The van der Waals surface area contributed by atoms with Crippen LogP contribution in [0.4, 0.5) is 0 Å². The Morgan fingerprint density at radius 3 is 2.41 bits per heavy atom. The van der Waals surface area contributed by atoms with E-state index in [1.807, 2.05) is 6.07 Å². The highest BCUT2D eigenvalue weighted by Crippen LogP contribution is 2.09. The van der Waals surface area contributed by atoms with Crippen molar-refractivity contribution in [2.75, 3.05) is 45.8 Å². The predicted octanol–water partition coefficient (Wildman–Crippen LogP) is 0.259. The van der Waals surface area contributed by atoms with Crippen LogP contribution in [-0.4, -0.2) is 78.8 Å². The molecule has 2 aliphatic heterocycles. The van der Waals surface area contributed by atoms with Gasteiger partial charge in [-0.15, -0.1) is 0 Å². The number of β-amino-alcohol motifs (C(OH)–C–C–N with tert-alkyl or cyclic N) is 1. The molecule has 2 fully saturated rings. The van der Waals surface area contributed by atoms with Crippen molar-refractivity contribution in [3.63, 3.8) is 0 Å². The van der Waals surface area contributed by atoms with E-state index in [-0.39, 0.29) is 39.0 Å². The smallest absolute Gasteiger partial charge is 0.234 e. The van der Waals surface area contributed by atoms with E-state index in [0.717, 1.165) is 45.6 Å². The summed E-state index contributed by atoms with van der Waals surface area (Å²) in [7, 11) is 0. The number of rotatable bonds is 7. The molecule has 0 saturated carbocycles. The van der Waals surface area contributed by atoms with Gasteiger partial charge in [0.2, 0.25) is 5.91 Å². The molecule has 2 unspecified atom stereocenters. The van der Waals surface area contributed by atoms with Crippen LogP contribution in [0.15, 0.2) is 30.3 Å². The lowest BCUT2D eigenvalue weighted by Crippen LogP contribution is -2.49. The fraction of sp³-hybridized carbons (Fsp3) is 0.632. The van der Waals surface area contributed by atoms with Crippen molar-refractivity contribution < 1.29 is 9.90 Å². The third-order valence-corrected chi connectivity index (χ3v) is 5.09. The largest absolute Gasteiger partial charge is 0.392 e. The lowest BCUT2D eigenvalue weighted by Gasteiger charge is -2.34. The molecule has 2 heterocycles. The van der Waals surface area contributed by atoms with E-state index >= 15 is 0 Å². The second-order valence-electron chi connectivity index (χ2n) is 7.17. The van der Waals surface area contributed by atoms with E-state index in [9.17, 15) is 9.90 Å². The Morgan fingerprint density at radius 1 is 1.11 bits per heavy atom. The summed E-state index contributed by atoms with van der Waals surface area (Å²) in [5.41, 5.74) is 1.35. The lowest BCUT2D eigenvalue weighted by atomic mass is 10.1. The second-order valence-corrected chi connectivity index (χ2v) is 7.17. The minimum Gasteiger partial charge on any atom is -0.392 e. The first-order valence-corrected chi connectivity index (χ1v) is 9.36. The van der Waals surface area contributed by atoms with Gasteiger partial charge >= 0.3 is 0 Å². The minimum atomic E-state index is -0.229. The molecule has 1 aromatic rings. The molecule has 1 amide bonds. The zero-order valence-electron chi connectivity index (χ0n) is 15.9. The molecular formula is C19H34N4O2S2. The Balaban J connectivity index is 0.00000182. The third-order valence-electron chi connectivity index (χ3n) is 5.09. The van der Waals surface area contributed by atoms with Crippen molar-refractivity contribution >= 4 is 32.9 Å². The number of piperazine rings is 1. The van der Waals surface area contributed by atoms with Crippen LogP contribution in [0.5, 0.6) is 0 Å². The van der Waals surface area contributed by atoms with Gasteiger partial charge in [-0.25, -0.2) is 0 Å². The number of nitrogens with zero attached hydrogens (tertiary/aromatic N) is 2. The van der Waals surface area contributed by atoms with Crippen molar-refractivity contribution in [2.45, 2.75) is 31.5 Å². The number of carbonyl (C=O) groups is 1. The monoisotopic (exact) mass is 414 g/mol. The number of aliphatic hydroxyl groups is 1. The van der Waals surface area contributed by atoms with Crippen LogP contribution in [0.3, 0.4) is 0 Å². The first kappa shape index (κ1) is 24.3. The number of hydrogen-bond donors (Lipinski definition) is 3. The van der Waals surface area contributed by atoms with E-state index in [1.165, 1.54) is 5.56 Å². The van der Waals surface area contributed by atoms with E-state index in [2.05, 4.69) is 44.7 Å². The predicted molar refractivity (Wildman–Crippen MR) is 119 cm³/mol. The average Bonchev–Trinajstić information content (AvgIpc) is 3.03. The van der Waals surface area contributed by atoms with Gasteiger partial charge in [-0.05, 0) is 18.4 Å². The highest BCUT2D eigenvalue weighted by molar-refractivity contribution is 7.59. The van der Waals surface area contributed by atoms with Gasteiger partial charge in [-0.1, -0.05) is 30.3 Å². The number of carbonyl (C=O) groups excluding carboxylic acids is 1. The molecule has 2 saturated heterocycles. The molecule has 27 heavy (non-hydrogen) atoms. The van der Waals surface area contributed by atoms with E-state index in [4.69, 9.17) is 0 Å². The average molecular weight is 415 g/mol. The van der Waals surface area contributed by atoms with E-state index < -0.39 is 0 Å². The first-order chi connectivity index (χ1) is 12.2. The molecule has 0 radical (unpaired) electrons. The topological polar surface area (TPSA) is 67.8 Å². The summed E-state index contributed by atoms with van der Waals surface area (Å²) in [5.74, 6) is 0.107. The maximum absolute atomic E-state index is 12.1. The van der Waals surface area contributed by atoms with Crippen LogP contribution in [0.1, 0.15) is 18.4 Å². The number of nitrogens with one attached hydrogen (secondary N) is 2. The van der Waals surface area contributed by atoms with Crippen LogP contribution in [-0.2, 0) is 11.3 Å². The summed E-state index contributed by atoms with van der Waals surface area (Å²) < 4.78 is 0. The zero-order chi connectivity index (χ0) is 17.5. The van der Waals surface area contributed by atoms with Crippen LogP contribution in [0.25, 0.3) is 0 Å². The molecule has 2 atom stereocenters. The normalized spacial score (nSPS) is 23.3. The number of amides is 1. The Morgan fingerprint density at radius 2 is 1.78 bits per heavy atom. The molecule has 154 valence electrons. The van der Waals surface area contributed by atoms with Crippen LogP contribution < -0.4 is 10.6 Å². The molecule has 0 spiro atoms. The molecule has 8 heteroatoms. The molecular weight excluding hydrogens is 380 g/mol. The molecule has 0 bridgehead atoms. The Bertz CT molecular complexity index is 542. The quantitative estimate of drug-likeness (QED) is 0.597. The summed E-state index contributed by atoms with van der Waals surface area (Å²) in [6.07, 6.45) is 1.44. The summed E-state index contributed by atoms with van der Waals surface area (Å²) in [4.78, 5) is 16.8. The van der Waals surface area contributed by atoms with E-state index in [0.29, 0.717) is 25.7 Å². The van der Waals surface area contributed by atoms with Crippen LogP contribution in [0.2, 0.25) is 0 Å². The molecule has 1 aromatic carbocycles. The van der Waals surface area contributed by atoms with Gasteiger partial charge in [0, 0.05) is 51.9 Å². The minimum absolute atomic E-state index is 0. The summed E-state index contributed by atoms with van der Waals surface area (Å²) >= 11 is 0. The SMILES string of the molecule is O=C(CN1CCN(Cc2ccccc2)CC1)NCCC1CC(O)CN1.S.S. The van der Waals surface area contributed by atoms with Gasteiger partial charge in [-0.2, -0.15) is 27.0 Å². The van der Waals surface area contributed by atoms with Crippen LogP contribution in [0, 0.1) is 0 Å². The van der Waals surface area contributed by atoms with E-state index in [1.54, 1.807) is 0 Å². The van der Waals surface area contributed by atoms with Crippen molar-refractivity contribution in [2.24, 2.45) is 0 Å². The standard InChI is InChI=1S/C19H30N4O2.2H2S/c24-18-12-17(21-13-18)6-7-20-19(25)15-23-10-8-22(9-11-23)14-16-4-2-1-3-5-16;;/h1-5,17-18,21,24H,6-15H2,(H,20,25);2*1H2. The lowest BCUT2D eigenvalue weighted by molar-refractivity contribution is -0.122. The molecule has 3 N–H and O–H groups in total. The molecule has 0 aliphatic carbocycles. The molecule has 6 nitrogen and oxygen atoms in total. The maximum Gasteiger partial charge on any atom is 0.234 e. The highest BCUT2D eigenvalue weighted by atomic mass is 32.1. The molecule has 2 aliphatic rings. The highest BCUT2D eigenvalue weighted by Gasteiger charge is 2.22. The maximum atomic E-state index is 12.1. The molecule has 3 rings (SSSR count). The van der Waals surface area contributed by atoms with Crippen molar-refractivity contribution in [3.05, 3.63) is 35.9 Å². The van der Waals surface area contributed by atoms with Gasteiger partial charge < -0.3 is 15.7 Å². The van der Waals surface area contributed by atoms with Crippen LogP contribution >= 0.6 is 27.0 Å². The Kier molecular flexibility index (Phi) is 11.4. The number of hydrogen-bond acceptors (Lipinski definition) is 5. The van der Waals surface area contributed by atoms with Crippen molar-refractivity contribution in [3.8, 4) is 0 Å². The van der Waals surface area contributed by atoms with Crippen molar-refractivity contribution in [1.82, 2.24) is 20.4 Å². The fourth-order valence-corrected chi connectivity index (χ4v) is 3.61. The van der Waals surface area contributed by atoms with Gasteiger partial charge in [0.15, 0.2) is 0 Å². The zero-order valence-corrected chi connectivity index (χ0v) is 17.9. The van der Waals surface area contributed by atoms with Gasteiger partial charge in [0.1, 0.15) is 0 Å². The first-order valence-electron chi connectivity index (χ1n) is 9.36. The van der Waals surface area contributed by atoms with Gasteiger partial charge in [0.25, 0.3) is 0 Å². The number of benzene rings is 1. The Hall–Kier alpha value is -0.770. The Labute approximate surface area is 176 Å². The summed E-state index contributed by atoms with van der Waals surface area (Å²) in [6.45, 7) is 6.72.